The second-order valence-electron chi connectivity index (χ2n) is 4.75. The molecule has 0 unspecified atom stereocenters. The standard InChI is InChI=1S/C14H18ClNO5S/c1-4-7-16-13(17)9(2)21-14(18)11-8-10(22(3,19)20)5-6-12(11)15/h5-6,8-9H,4,7H2,1-3H3,(H,16,17)/t9-/m1/s1. The molecule has 1 rings (SSSR count). The zero-order valence-electron chi connectivity index (χ0n) is 12.6. The van der Waals surface area contributed by atoms with Gasteiger partial charge in [-0.3, -0.25) is 4.79 Å². The quantitative estimate of drug-likeness (QED) is 0.793. The number of esters is 1. The average molecular weight is 348 g/mol. The van der Waals surface area contributed by atoms with Crippen LogP contribution in [0.1, 0.15) is 30.6 Å². The highest BCUT2D eigenvalue weighted by atomic mass is 35.5. The fraction of sp³-hybridized carbons (Fsp3) is 0.429. The highest BCUT2D eigenvalue weighted by Crippen LogP contribution is 2.21. The fourth-order valence-corrected chi connectivity index (χ4v) is 2.40. The highest BCUT2D eigenvalue weighted by Gasteiger charge is 2.21. The summed E-state index contributed by atoms with van der Waals surface area (Å²) in [6.07, 6.45) is 0.776. The van der Waals surface area contributed by atoms with E-state index in [0.29, 0.717) is 6.54 Å². The van der Waals surface area contributed by atoms with Crippen LogP contribution in [-0.2, 0) is 19.4 Å². The summed E-state index contributed by atoms with van der Waals surface area (Å²) in [5.74, 6) is -1.28. The molecule has 122 valence electrons. The largest absolute Gasteiger partial charge is 0.449 e. The van der Waals surface area contributed by atoms with Crippen LogP contribution in [0.3, 0.4) is 0 Å². The van der Waals surface area contributed by atoms with Gasteiger partial charge in [0.25, 0.3) is 5.91 Å². The molecule has 8 heteroatoms. The van der Waals surface area contributed by atoms with Crippen LogP contribution in [0.5, 0.6) is 0 Å². The SMILES string of the molecule is CCCNC(=O)[C@@H](C)OC(=O)c1cc(S(C)(=O)=O)ccc1Cl. The number of carbonyl (C=O) groups excluding carboxylic acids is 2. The maximum atomic E-state index is 12.1. The molecule has 0 heterocycles. The van der Waals surface area contributed by atoms with Crippen LogP contribution in [-0.4, -0.2) is 39.2 Å². The average Bonchev–Trinajstić information content (AvgIpc) is 2.43. The Labute approximate surface area is 134 Å². The van der Waals surface area contributed by atoms with Gasteiger partial charge in [0.05, 0.1) is 15.5 Å². The lowest BCUT2D eigenvalue weighted by Gasteiger charge is -2.14. The smallest absolute Gasteiger partial charge is 0.340 e. The molecule has 1 amide bonds. The lowest BCUT2D eigenvalue weighted by molar-refractivity contribution is -0.129. The number of halogens is 1. The molecule has 1 aromatic rings. The minimum Gasteiger partial charge on any atom is -0.449 e. The zero-order chi connectivity index (χ0) is 16.9. The first-order valence-corrected chi connectivity index (χ1v) is 8.92. The zero-order valence-corrected chi connectivity index (χ0v) is 14.1. The Morgan fingerprint density at radius 2 is 2.00 bits per heavy atom. The van der Waals surface area contributed by atoms with Gasteiger partial charge in [0.1, 0.15) is 0 Å². The first-order valence-electron chi connectivity index (χ1n) is 6.65. The third-order valence-corrected chi connectivity index (χ3v) is 4.23. The topological polar surface area (TPSA) is 89.5 Å². The van der Waals surface area contributed by atoms with Crippen LogP contribution in [0.4, 0.5) is 0 Å². The summed E-state index contributed by atoms with van der Waals surface area (Å²) < 4.78 is 28.0. The van der Waals surface area contributed by atoms with Crippen LogP contribution < -0.4 is 5.32 Å². The molecule has 0 radical (unpaired) electrons. The van der Waals surface area contributed by atoms with Crippen molar-refractivity contribution in [1.82, 2.24) is 5.32 Å². The number of nitrogens with one attached hydrogen (secondary N) is 1. The number of hydrogen-bond acceptors (Lipinski definition) is 5. The first kappa shape index (κ1) is 18.4. The summed E-state index contributed by atoms with van der Waals surface area (Å²) in [5, 5.41) is 2.65. The Morgan fingerprint density at radius 1 is 1.36 bits per heavy atom. The van der Waals surface area contributed by atoms with Gasteiger partial charge in [0, 0.05) is 12.8 Å². The number of hydrogen-bond donors (Lipinski definition) is 1. The maximum absolute atomic E-state index is 12.1. The number of rotatable bonds is 6. The third-order valence-electron chi connectivity index (χ3n) is 2.79. The van der Waals surface area contributed by atoms with Gasteiger partial charge >= 0.3 is 5.97 Å². The van der Waals surface area contributed by atoms with E-state index in [-0.39, 0.29) is 15.5 Å². The summed E-state index contributed by atoms with van der Waals surface area (Å²) in [5.41, 5.74) is -0.0975. The minimum atomic E-state index is -3.48. The van der Waals surface area contributed by atoms with Gasteiger partial charge in [-0.2, -0.15) is 0 Å². The molecule has 0 aliphatic heterocycles. The Kier molecular flexibility index (Phi) is 6.37. The van der Waals surface area contributed by atoms with Crippen molar-refractivity contribution in [1.29, 1.82) is 0 Å². The molecule has 1 N–H and O–H groups in total. The molecular weight excluding hydrogens is 330 g/mol. The monoisotopic (exact) mass is 347 g/mol. The van der Waals surface area contributed by atoms with Crippen LogP contribution in [0, 0.1) is 0 Å². The molecule has 22 heavy (non-hydrogen) atoms. The number of ether oxygens (including phenoxy) is 1. The summed E-state index contributed by atoms with van der Waals surface area (Å²) in [7, 11) is -3.48. The van der Waals surface area contributed by atoms with E-state index in [2.05, 4.69) is 5.32 Å². The van der Waals surface area contributed by atoms with E-state index in [1.807, 2.05) is 6.92 Å². The molecule has 0 aliphatic carbocycles. The van der Waals surface area contributed by atoms with Crippen molar-refractivity contribution in [2.24, 2.45) is 0 Å². The maximum Gasteiger partial charge on any atom is 0.340 e. The van der Waals surface area contributed by atoms with Crippen LogP contribution in [0.25, 0.3) is 0 Å². The van der Waals surface area contributed by atoms with Crippen molar-refractivity contribution in [3.63, 3.8) is 0 Å². The lowest BCUT2D eigenvalue weighted by atomic mass is 10.2. The Bertz CT molecular complexity index is 672. The molecule has 0 aromatic heterocycles. The Hall–Kier alpha value is -1.60. The van der Waals surface area contributed by atoms with Gasteiger partial charge in [0.15, 0.2) is 15.9 Å². The van der Waals surface area contributed by atoms with Crippen molar-refractivity contribution in [3.8, 4) is 0 Å². The predicted octanol–water partition coefficient (Wildman–Crippen LogP) is 1.81. The fourth-order valence-electron chi connectivity index (χ4n) is 1.56. The highest BCUT2D eigenvalue weighted by molar-refractivity contribution is 7.90. The van der Waals surface area contributed by atoms with E-state index in [4.69, 9.17) is 16.3 Å². The number of sulfone groups is 1. The van der Waals surface area contributed by atoms with Gasteiger partial charge in [-0.15, -0.1) is 0 Å². The summed E-state index contributed by atoms with van der Waals surface area (Å²) >= 11 is 5.89. The molecule has 0 saturated heterocycles. The number of benzene rings is 1. The van der Waals surface area contributed by atoms with Crippen molar-refractivity contribution in [2.45, 2.75) is 31.3 Å². The van der Waals surface area contributed by atoms with E-state index < -0.39 is 27.8 Å². The minimum absolute atomic E-state index is 0.0491. The van der Waals surface area contributed by atoms with Crippen LogP contribution >= 0.6 is 11.6 Å². The summed E-state index contributed by atoms with van der Waals surface area (Å²) in [6.45, 7) is 3.80. The number of amides is 1. The van der Waals surface area contributed by atoms with E-state index in [1.165, 1.54) is 19.1 Å². The molecule has 0 spiro atoms. The molecular formula is C14H18ClNO5S. The molecule has 6 nitrogen and oxygen atoms in total. The second-order valence-corrected chi connectivity index (χ2v) is 7.18. The van der Waals surface area contributed by atoms with Gasteiger partial charge in [-0.25, -0.2) is 13.2 Å². The van der Waals surface area contributed by atoms with Crippen molar-refractivity contribution < 1.29 is 22.7 Å². The van der Waals surface area contributed by atoms with Crippen LogP contribution in [0.15, 0.2) is 23.1 Å². The summed E-state index contributed by atoms with van der Waals surface area (Å²) in [6, 6.07) is 3.73. The van der Waals surface area contributed by atoms with Crippen LogP contribution in [0.2, 0.25) is 5.02 Å². The molecule has 1 atom stereocenters. The first-order chi connectivity index (χ1) is 10.2. The van der Waals surface area contributed by atoms with E-state index >= 15 is 0 Å². The van der Waals surface area contributed by atoms with Gasteiger partial charge < -0.3 is 10.1 Å². The van der Waals surface area contributed by atoms with Crippen molar-refractivity contribution >= 4 is 33.3 Å². The Balaban J connectivity index is 2.92. The van der Waals surface area contributed by atoms with Gasteiger partial charge in [0.2, 0.25) is 0 Å². The van der Waals surface area contributed by atoms with Gasteiger partial charge in [-0.1, -0.05) is 18.5 Å². The third kappa shape index (κ3) is 4.99. The van der Waals surface area contributed by atoms with E-state index in [9.17, 15) is 18.0 Å². The molecule has 1 aromatic carbocycles. The van der Waals surface area contributed by atoms with E-state index in [0.717, 1.165) is 18.7 Å². The molecule has 0 aliphatic rings. The van der Waals surface area contributed by atoms with Gasteiger partial charge in [-0.05, 0) is 31.5 Å². The Morgan fingerprint density at radius 3 is 2.55 bits per heavy atom. The molecule has 0 fully saturated rings. The molecule has 0 bridgehead atoms. The predicted molar refractivity (Wildman–Crippen MR) is 82.7 cm³/mol. The summed E-state index contributed by atoms with van der Waals surface area (Å²) in [4.78, 5) is 23.7. The number of carbonyl (C=O) groups is 2. The normalized spacial score (nSPS) is 12.5. The van der Waals surface area contributed by atoms with Crippen molar-refractivity contribution in [3.05, 3.63) is 28.8 Å². The molecule has 0 saturated carbocycles. The second kappa shape index (κ2) is 7.60. The lowest BCUT2D eigenvalue weighted by Crippen LogP contribution is -2.36. The van der Waals surface area contributed by atoms with E-state index in [1.54, 1.807) is 0 Å². The van der Waals surface area contributed by atoms with Crippen molar-refractivity contribution in [2.75, 3.05) is 12.8 Å².